The Bertz CT molecular complexity index is 844. The summed E-state index contributed by atoms with van der Waals surface area (Å²) in [5, 5.41) is 2.84. The number of carbonyl (C=O) groups is 1. The van der Waals surface area contributed by atoms with Gasteiger partial charge in [0, 0.05) is 6.04 Å². The Morgan fingerprint density at radius 1 is 1.08 bits per heavy atom. The molecule has 0 saturated heterocycles. The molecule has 0 radical (unpaired) electrons. The highest BCUT2D eigenvalue weighted by Crippen LogP contribution is 2.25. The van der Waals surface area contributed by atoms with E-state index in [2.05, 4.69) is 5.32 Å². The van der Waals surface area contributed by atoms with Gasteiger partial charge in [-0.2, -0.15) is 0 Å². The molecule has 0 aliphatic carbocycles. The summed E-state index contributed by atoms with van der Waals surface area (Å²) in [4.78, 5) is 12.6. The van der Waals surface area contributed by atoms with E-state index in [4.69, 9.17) is 0 Å². The molecule has 0 aromatic heterocycles. The van der Waals surface area contributed by atoms with Crippen LogP contribution in [-0.2, 0) is 14.8 Å². The van der Waals surface area contributed by atoms with Crippen LogP contribution in [0.15, 0.2) is 53.4 Å². The summed E-state index contributed by atoms with van der Waals surface area (Å²) in [6.07, 6.45) is 0.779. The van der Waals surface area contributed by atoms with Gasteiger partial charge in [0.05, 0.1) is 10.6 Å². The molecule has 0 saturated carbocycles. The summed E-state index contributed by atoms with van der Waals surface area (Å²) >= 11 is 0. The molecule has 0 spiro atoms. The second kappa shape index (κ2) is 8.36. The maximum Gasteiger partial charge on any atom is 0.264 e. The number of aryl methyl sites for hydroxylation is 2. The number of amides is 1. The minimum atomic E-state index is -3.85. The van der Waals surface area contributed by atoms with E-state index < -0.39 is 10.0 Å². The third-order valence-electron chi connectivity index (χ3n) is 4.13. The minimum Gasteiger partial charge on any atom is -0.352 e. The first-order valence-corrected chi connectivity index (χ1v) is 10.1. The summed E-state index contributed by atoms with van der Waals surface area (Å²) in [5.41, 5.74) is 2.37. The van der Waals surface area contributed by atoms with Crippen LogP contribution < -0.4 is 9.62 Å². The molecular weight excluding hydrogens is 348 g/mol. The van der Waals surface area contributed by atoms with Crippen LogP contribution in [0.1, 0.15) is 31.4 Å². The molecule has 2 aromatic rings. The van der Waals surface area contributed by atoms with Gasteiger partial charge >= 0.3 is 0 Å². The molecule has 6 heteroatoms. The lowest BCUT2D eigenvalue weighted by atomic mass is 10.1. The molecular formula is C20H26N2O3S. The molecule has 2 aromatic carbocycles. The van der Waals surface area contributed by atoms with Crippen molar-refractivity contribution < 1.29 is 13.2 Å². The van der Waals surface area contributed by atoms with Gasteiger partial charge in [-0.1, -0.05) is 31.2 Å². The standard InChI is InChI=1S/C20H26N2O3S/c1-5-17(4)21-20(23)14-22(18-12-15(2)11-16(3)13-18)26(24,25)19-9-7-6-8-10-19/h6-13,17H,5,14H2,1-4H3,(H,21,23)/t17-/m1/s1. The number of rotatable bonds is 7. The molecule has 0 heterocycles. The van der Waals surface area contributed by atoms with Crippen molar-refractivity contribution in [3.8, 4) is 0 Å². The maximum atomic E-state index is 13.2. The van der Waals surface area contributed by atoms with E-state index >= 15 is 0 Å². The van der Waals surface area contributed by atoms with Gasteiger partial charge in [0.25, 0.3) is 10.0 Å². The van der Waals surface area contributed by atoms with E-state index in [0.717, 1.165) is 17.5 Å². The van der Waals surface area contributed by atoms with Gasteiger partial charge in [0.15, 0.2) is 0 Å². The highest BCUT2D eigenvalue weighted by Gasteiger charge is 2.27. The molecule has 0 unspecified atom stereocenters. The summed E-state index contributed by atoms with van der Waals surface area (Å²) in [7, 11) is -3.85. The second-order valence-electron chi connectivity index (χ2n) is 6.55. The smallest absolute Gasteiger partial charge is 0.264 e. The lowest BCUT2D eigenvalue weighted by Gasteiger charge is -2.25. The molecule has 0 bridgehead atoms. The van der Waals surface area contributed by atoms with Crippen LogP contribution in [0.25, 0.3) is 0 Å². The maximum absolute atomic E-state index is 13.2. The number of nitrogens with zero attached hydrogens (tertiary/aromatic N) is 1. The van der Waals surface area contributed by atoms with Crippen molar-refractivity contribution >= 4 is 21.6 Å². The molecule has 140 valence electrons. The fraction of sp³-hybridized carbons (Fsp3) is 0.350. The van der Waals surface area contributed by atoms with Crippen LogP contribution in [-0.4, -0.2) is 26.9 Å². The number of anilines is 1. The van der Waals surface area contributed by atoms with E-state index in [1.165, 1.54) is 16.4 Å². The van der Waals surface area contributed by atoms with Crippen molar-refractivity contribution in [2.24, 2.45) is 0 Å². The van der Waals surface area contributed by atoms with Crippen molar-refractivity contribution in [1.29, 1.82) is 0 Å². The fourth-order valence-corrected chi connectivity index (χ4v) is 4.11. The molecule has 0 aliphatic rings. The van der Waals surface area contributed by atoms with Crippen LogP contribution in [0.2, 0.25) is 0 Å². The number of benzene rings is 2. The van der Waals surface area contributed by atoms with Gasteiger partial charge < -0.3 is 5.32 Å². The van der Waals surface area contributed by atoms with Crippen LogP contribution in [0, 0.1) is 13.8 Å². The summed E-state index contributed by atoms with van der Waals surface area (Å²) in [5.74, 6) is -0.321. The molecule has 5 nitrogen and oxygen atoms in total. The van der Waals surface area contributed by atoms with E-state index in [9.17, 15) is 13.2 Å². The summed E-state index contributed by atoms with van der Waals surface area (Å²) < 4.78 is 27.6. The second-order valence-corrected chi connectivity index (χ2v) is 8.41. The Kier molecular flexibility index (Phi) is 6.42. The molecule has 0 aliphatic heterocycles. The first kappa shape index (κ1) is 20.0. The molecule has 1 N–H and O–H groups in total. The van der Waals surface area contributed by atoms with Crippen LogP contribution in [0.3, 0.4) is 0 Å². The topological polar surface area (TPSA) is 66.5 Å². The van der Waals surface area contributed by atoms with Crippen LogP contribution in [0.4, 0.5) is 5.69 Å². The Morgan fingerprint density at radius 2 is 1.65 bits per heavy atom. The summed E-state index contributed by atoms with van der Waals surface area (Å²) in [6, 6.07) is 13.7. The first-order valence-electron chi connectivity index (χ1n) is 8.69. The van der Waals surface area contributed by atoms with E-state index in [-0.39, 0.29) is 23.4 Å². The third kappa shape index (κ3) is 4.85. The largest absolute Gasteiger partial charge is 0.352 e. The Balaban J connectivity index is 2.46. The highest BCUT2D eigenvalue weighted by molar-refractivity contribution is 7.92. The van der Waals surface area contributed by atoms with Crippen molar-refractivity contribution in [2.45, 2.75) is 45.1 Å². The predicted octanol–water partition coefficient (Wildman–Crippen LogP) is 3.41. The van der Waals surface area contributed by atoms with E-state index in [1.807, 2.05) is 33.8 Å². The van der Waals surface area contributed by atoms with Crippen LogP contribution in [0.5, 0.6) is 0 Å². The molecule has 1 atom stereocenters. The quantitative estimate of drug-likeness (QED) is 0.808. The van der Waals surface area contributed by atoms with Gasteiger partial charge in [-0.15, -0.1) is 0 Å². The molecule has 26 heavy (non-hydrogen) atoms. The van der Waals surface area contributed by atoms with Gasteiger partial charge in [-0.05, 0) is 62.6 Å². The van der Waals surface area contributed by atoms with E-state index in [0.29, 0.717) is 5.69 Å². The average Bonchev–Trinajstić information content (AvgIpc) is 2.59. The molecule has 2 rings (SSSR count). The van der Waals surface area contributed by atoms with Crippen molar-refractivity contribution in [3.63, 3.8) is 0 Å². The van der Waals surface area contributed by atoms with Gasteiger partial charge in [0.1, 0.15) is 6.54 Å². The Labute approximate surface area is 156 Å². The van der Waals surface area contributed by atoms with E-state index in [1.54, 1.807) is 30.3 Å². The zero-order valence-electron chi connectivity index (χ0n) is 15.7. The highest BCUT2D eigenvalue weighted by atomic mass is 32.2. The monoisotopic (exact) mass is 374 g/mol. The lowest BCUT2D eigenvalue weighted by Crippen LogP contribution is -2.43. The number of sulfonamides is 1. The third-order valence-corrected chi connectivity index (χ3v) is 5.92. The number of carbonyl (C=O) groups excluding carboxylic acids is 1. The van der Waals surface area contributed by atoms with Crippen LogP contribution >= 0.6 is 0 Å². The predicted molar refractivity (Wildman–Crippen MR) is 105 cm³/mol. The number of hydrogen-bond donors (Lipinski definition) is 1. The Morgan fingerprint density at radius 3 is 2.19 bits per heavy atom. The average molecular weight is 375 g/mol. The zero-order valence-corrected chi connectivity index (χ0v) is 16.5. The number of hydrogen-bond acceptors (Lipinski definition) is 3. The SMILES string of the molecule is CC[C@@H](C)NC(=O)CN(c1cc(C)cc(C)c1)S(=O)(=O)c1ccccc1. The lowest BCUT2D eigenvalue weighted by molar-refractivity contribution is -0.120. The minimum absolute atomic E-state index is 0.0111. The first-order chi connectivity index (χ1) is 12.2. The Hall–Kier alpha value is -2.34. The number of nitrogens with one attached hydrogen (secondary N) is 1. The van der Waals surface area contributed by atoms with Gasteiger partial charge in [-0.3, -0.25) is 9.10 Å². The van der Waals surface area contributed by atoms with Gasteiger partial charge in [0.2, 0.25) is 5.91 Å². The van der Waals surface area contributed by atoms with Crippen molar-refractivity contribution in [3.05, 3.63) is 59.7 Å². The van der Waals surface area contributed by atoms with Gasteiger partial charge in [-0.25, -0.2) is 8.42 Å². The molecule has 1 amide bonds. The zero-order chi connectivity index (χ0) is 19.3. The molecule has 0 fully saturated rings. The van der Waals surface area contributed by atoms with Crippen molar-refractivity contribution in [1.82, 2.24) is 5.32 Å². The normalized spacial score (nSPS) is 12.5. The summed E-state index contributed by atoms with van der Waals surface area (Å²) in [6.45, 7) is 7.41. The fourth-order valence-electron chi connectivity index (χ4n) is 2.68. The van der Waals surface area contributed by atoms with Crippen molar-refractivity contribution in [2.75, 3.05) is 10.8 Å².